The van der Waals surface area contributed by atoms with E-state index in [9.17, 15) is 4.79 Å². The van der Waals surface area contributed by atoms with Gasteiger partial charge in [-0.2, -0.15) is 0 Å². The number of carbonyl (C=O) groups excluding carboxylic acids is 1. The quantitative estimate of drug-likeness (QED) is 0.676. The van der Waals surface area contributed by atoms with E-state index >= 15 is 0 Å². The maximum absolute atomic E-state index is 11.5. The van der Waals surface area contributed by atoms with Crippen LogP contribution in [0.25, 0.3) is 0 Å². The normalized spacial score (nSPS) is 24.6. The second-order valence-electron chi connectivity index (χ2n) is 4.78. The summed E-state index contributed by atoms with van der Waals surface area (Å²) >= 11 is 0. The molecule has 0 aromatic rings. The second-order valence-corrected chi connectivity index (χ2v) is 4.78. The highest BCUT2D eigenvalue weighted by Gasteiger charge is 2.23. The van der Waals surface area contributed by atoms with Crippen LogP contribution < -0.4 is 5.32 Å². The van der Waals surface area contributed by atoms with E-state index in [0.29, 0.717) is 12.6 Å². The Morgan fingerprint density at radius 3 is 2.82 bits per heavy atom. The number of rotatable bonds is 5. The number of carbonyl (C=O) groups is 1. The first kappa shape index (κ1) is 14.4. The van der Waals surface area contributed by atoms with Crippen molar-refractivity contribution in [2.24, 2.45) is 0 Å². The minimum absolute atomic E-state index is 0.167. The van der Waals surface area contributed by atoms with Crippen molar-refractivity contribution in [1.82, 2.24) is 15.1 Å². The molecule has 0 saturated carbocycles. The Hall–Kier alpha value is -0.650. The monoisotopic (exact) mass is 243 g/mol. The van der Waals surface area contributed by atoms with E-state index in [4.69, 9.17) is 4.74 Å². The van der Waals surface area contributed by atoms with Gasteiger partial charge in [0.15, 0.2) is 0 Å². The molecule has 1 fully saturated rings. The number of hydrogen-bond acceptors (Lipinski definition) is 5. The van der Waals surface area contributed by atoms with Crippen LogP contribution in [0.15, 0.2) is 0 Å². The standard InChI is InChI=1S/C12H25N3O2/c1-5-17-12(16)10(2)13-8-11-9-14(3)6-7-15(11)4/h10-11,13H,5-9H2,1-4H3. The molecule has 0 spiro atoms. The Labute approximate surface area is 104 Å². The van der Waals surface area contributed by atoms with Gasteiger partial charge < -0.3 is 15.0 Å². The Morgan fingerprint density at radius 1 is 1.47 bits per heavy atom. The van der Waals surface area contributed by atoms with Gasteiger partial charge in [0.2, 0.25) is 0 Å². The van der Waals surface area contributed by atoms with Crippen molar-refractivity contribution < 1.29 is 9.53 Å². The molecule has 0 aliphatic carbocycles. The third-order valence-corrected chi connectivity index (χ3v) is 3.28. The van der Waals surface area contributed by atoms with Crippen molar-refractivity contribution in [2.75, 3.05) is 46.9 Å². The molecule has 17 heavy (non-hydrogen) atoms. The molecular weight excluding hydrogens is 218 g/mol. The fraction of sp³-hybridized carbons (Fsp3) is 0.917. The van der Waals surface area contributed by atoms with Crippen LogP contribution in [-0.2, 0) is 9.53 Å². The van der Waals surface area contributed by atoms with Gasteiger partial charge in [0.25, 0.3) is 0 Å². The van der Waals surface area contributed by atoms with E-state index in [2.05, 4.69) is 29.2 Å². The Kier molecular flexibility index (Phi) is 5.88. The van der Waals surface area contributed by atoms with Crippen molar-refractivity contribution >= 4 is 5.97 Å². The number of ether oxygens (including phenoxy) is 1. The maximum atomic E-state index is 11.5. The van der Waals surface area contributed by atoms with Crippen molar-refractivity contribution in [3.8, 4) is 0 Å². The minimum Gasteiger partial charge on any atom is -0.465 e. The first-order valence-corrected chi connectivity index (χ1v) is 6.33. The zero-order chi connectivity index (χ0) is 12.8. The van der Waals surface area contributed by atoms with E-state index in [-0.39, 0.29) is 12.0 Å². The lowest BCUT2D eigenvalue weighted by molar-refractivity contribution is -0.145. The molecule has 2 unspecified atom stereocenters. The molecule has 1 saturated heterocycles. The lowest BCUT2D eigenvalue weighted by Gasteiger charge is -2.38. The zero-order valence-corrected chi connectivity index (χ0v) is 11.4. The van der Waals surface area contributed by atoms with Gasteiger partial charge in [-0.05, 0) is 27.9 Å². The number of likely N-dealkylation sites (N-methyl/N-ethyl adjacent to an activating group) is 2. The van der Waals surface area contributed by atoms with Gasteiger partial charge in [0, 0.05) is 32.2 Å². The smallest absolute Gasteiger partial charge is 0.322 e. The maximum Gasteiger partial charge on any atom is 0.322 e. The molecule has 5 heteroatoms. The van der Waals surface area contributed by atoms with Crippen molar-refractivity contribution in [3.05, 3.63) is 0 Å². The molecular formula is C12H25N3O2. The third-order valence-electron chi connectivity index (χ3n) is 3.28. The largest absolute Gasteiger partial charge is 0.465 e. The molecule has 100 valence electrons. The molecule has 0 aromatic heterocycles. The van der Waals surface area contributed by atoms with Crippen molar-refractivity contribution in [1.29, 1.82) is 0 Å². The van der Waals surface area contributed by atoms with Crippen molar-refractivity contribution in [2.45, 2.75) is 25.9 Å². The van der Waals surface area contributed by atoms with Crippen LogP contribution in [-0.4, -0.2) is 74.7 Å². The molecule has 1 aliphatic rings. The molecule has 1 rings (SSSR count). The highest BCUT2D eigenvalue weighted by molar-refractivity contribution is 5.75. The summed E-state index contributed by atoms with van der Waals surface area (Å²) in [7, 11) is 4.27. The topological polar surface area (TPSA) is 44.8 Å². The molecule has 0 radical (unpaired) electrons. The molecule has 1 N–H and O–H groups in total. The zero-order valence-electron chi connectivity index (χ0n) is 11.4. The molecule has 0 bridgehead atoms. The van der Waals surface area contributed by atoms with Crippen LogP contribution in [0.2, 0.25) is 0 Å². The summed E-state index contributed by atoms with van der Waals surface area (Å²) in [6.45, 7) is 8.17. The molecule has 2 atom stereocenters. The van der Waals surface area contributed by atoms with Gasteiger partial charge in [-0.25, -0.2) is 0 Å². The molecule has 1 aliphatic heterocycles. The van der Waals surface area contributed by atoms with Gasteiger partial charge in [-0.1, -0.05) is 0 Å². The van der Waals surface area contributed by atoms with Gasteiger partial charge >= 0.3 is 5.97 Å². The molecule has 1 heterocycles. The first-order valence-electron chi connectivity index (χ1n) is 6.33. The fourth-order valence-corrected chi connectivity index (χ4v) is 1.99. The summed E-state index contributed by atoms with van der Waals surface area (Å²) in [6.07, 6.45) is 0. The third kappa shape index (κ3) is 4.61. The van der Waals surface area contributed by atoms with Crippen LogP contribution in [0.4, 0.5) is 0 Å². The van der Waals surface area contributed by atoms with Crippen LogP contribution in [0, 0.1) is 0 Å². The molecule has 5 nitrogen and oxygen atoms in total. The summed E-state index contributed by atoms with van der Waals surface area (Å²) in [5.41, 5.74) is 0. The highest BCUT2D eigenvalue weighted by Crippen LogP contribution is 2.05. The number of nitrogens with zero attached hydrogens (tertiary/aromatic N) is 2. The van der Waals surface area contributed by atoms with Crippen molar-refractivity contribution in [3.63, 3.8) is 0 Å². The minimum atomic E-state index is -0.226. The predicted molar refractivity (Wildman–Crippen MR) is 68.0 cm³/mol. The van der Waals surface area contributed by atoms with E-state index < -0.39 is 0 Å². The summed E-state index contributed by atoms with van der Waals surface area (Å²) in [5, 5.41) is 3.24. The van der Waals surface area contributed by atoms with Gasteiger partial charge in [-0.3, -0.25) is 9.69 Å². The van der Waals surface area contributed by atoms with Gasteiger partial charge in [-0.15, -0.1) is 0 Å². The van der Waals surface area contributed by atoms with Crippen LogP contribution in [0.3, 0.4) is 0 Å². The average molecular weight is 243 g/mol. The Morgan fingerprint density at radius 2 is 2.18 bits per heavy atom. The predicted octanol–water partition coefficient (Wildman–Crippen LogP) is -0.227. The Bertz CT molecular complexity index is 248. The number of hydrogen-bond donors (Lipinski definition) is 1. The van der Waals surface area contributed by atoms with Crippen LogP contribution in [0.1, 0.15) is 13.8 Å². The van der Waals surface area contributed by atoms with Gasteiger partial charge in [0.1, 0.15) is 6.04 Å². The fourth-order valence-electron chi connectivity index (χ4n) is 1.99. The summed E-state index contributed by atoms with van der Waals surface area (Å²) in [4.78, 5) is 16.1. The highest BCUT2D eigenvalue weighted by atomic mass is 16.5. The summed E-state index contributed by atoms with van der Waals surface area (Å²) in [6, 6.07) is 0.237. The molecule has 0 amide bonds. The first-order chi connectivity index (χ1) is 8.04. The number of nitrogens with one attached hydrogen (secondary N) is 1. The second kappa shape index (κ2) is 6.93. The van der Waals surface area contributed by atoms with E-state index in [1.807, 2.05) is 13.8 Å². The van der Waals surface area contributed by atoms with Gasteiger partial charge in [0.05, 0.1) is 6.61 Å². The van der Waals surface area contributed by atoms with Crippen LogP contribution in [0.5, 0.6) is 0 Å². The summed E-state index contributed by atoms with van der Waals surface area (Å²) < 4.78 is 4.97. The van der Waals surface area contributed by atoms with E-state index in [0.717, 1.165) is 26.2 Å². The lowest BCUT2D eigenvalue weighted by atomic mass is 10.1. The van der Waals surface area contributed by atoms with Crippen LogP contribution >= 0.6 is 0 Å². The number of piperazine rings is 1. The van der Waals surface area contributed by atoms with E-state index in [1.165, 1.54) is 0 Å². The van der Waals surface area contributed by atoms with E-state index in [1.54, 1.807) is 0 Å². The lowest BCUT2D eigenvalue weighted by Crippen LogP contribution is -2.55. The average Bonchev–Trinajstić information content (AvgIpc) is 2.30. The summed E-state index contributed by atoms with van der Waals surface area (Å²) in [5.74, 6) is -0.167. The SMILES string of the molecule is CCOC(=O)C(C)NCC1CN(C)CCN1C. The molecule has 0 aromatic carbocycles. The number of esters is 1. The Balaban J connectivity index is 2.31.